The first-order valence-corrected chi connectivity index (χ1v) is 8.50. The Hall–Kier alpha value is -3.06. The first-order chi connectivity index (χ1) is 12.9. The molecule has 0 saturated heterocycles. The Morgan fingerprint density at radius 3 is 2.15 bits per heavy atom. The van der Waals surface area contributed by atoms with E-state index in [0.717, 1.165) is 11.3 Å². The maximum Gasteiger partial charge on any atom is 0.258 e. The highest BCUT2D eigenvalue weighted by Gasteiger charge is 2.15. The van der Waals surface area contributed by atoms with Crippen LogP contribution in [0.5, 0.6) is 11.5 Å². The number of hydrogen-bond donors (Lipinski definition) is 2. The van der Waals surface area contributed by atoms with Crippen LogP contribution in [0.25, 0.3) is 0 Å². The lowest BCUT2D eigenvalue weighted by Gasteiger charge is -2.25. The number of hydrogen-bond acceptors (Lipinski definition) is 5. The van der Waals surface area contributed by atoms with Gasteiger partial charge in [-0.15, -0.1) is 0 Å². The molecule has 7 heteroatoms. The van der Waals surface area contributed by atoms with Crippen LogP contribution in [0.1, 0.15) is 22.0 Å². The van der Waals surface area contributed by atoms with E-state index < -0.39 is 5.91 Å². The van der Waals surface area contributed by atoms with E-state index in [2.05, 4.69) is 5.32 Å². The number of likely N-dealkylation sites (N-methyl/N-ethyl adjacent to an activating group) is 1. The Morgan fingerprint density at radius 2 is 1.63 bits per heavy atom. The number of carbonyl (C=O) groups excluding carboxylic acids is 2. The first-order valence-electron chi connectivity index (χ1n) is 8.50. The Morgan fingerprint density at radius 1 is 1.04 bits per heavy atom. The Bertz CT molecular complexity index is 758. The summed E-state index contributed by atoms with van der Waals surface area (Å²) in [4.78, 5) is 25.2. The van der Waals surface area contributed by atoms with Crippen molar-refractivity contribution in [3.8, 4) is 11.5 Å². The fraction of sp³-hybridized carbons (Fsp3) is 0.300. The molecule has 0 heterocycles. The van der Waals surface area contributed by atoms with Crippen molar-refractivity contribution in [2.24, 2.45) is 5.73 Å². The van der Waals surface area contributed by atoms with Crippen LogP contribution in [0.3, 0.4) is 0 Å². The van der Waals surface area contributed by atoms with Gasteiger partial charge in [-0.05, 0) is 56.1 Å². The molecule has 0 saturated carbocycles. The molecular formula is C20H25N3O4. The standard InChI is InChI=1S/C20H25N3O4/c1-23(2)18(14-4-8-16(26-3)9-5-14)12-22-19(24)13-27-17-10-6-15(7-11-17)20(21)25/h4-11,18H,12-13H2,1-3H3,(H2,21,25)(H,22,24). The van der Waals surface area contributed by atoms with Gasteiger partial charge in [0.2, 0.25) is 5.91 Å². The fourth-order valence-corrected chi connectivity index (χ4v) is 2.55. The molecule has 2 aromatic rings. The van der Waals surface area contributed by atoms with Crippen LogP contribution >= 0.6 is 0 Å². The van der Waals surface area contributed by atoms with Gasteiger partial charge in [-0.1, -0.05) is 12.1 Å². The molecule has 27 heavy (non-hydrogen) atoms. The maximum absolute atomic E-state index is 12.1. The van der Waals surface area contributed by atoms with Gasteiger partial charge in [-0.2, -0.15) is 0 Å². The third-order valence-electron chi connectivity index (χ3n) is 4.13. The summed E-state index contributed by atoms with van der Waals surface area (Å²) in [5, 5.41) is 2.88. The summed E-state index contributed by atoms with van der Waals surface area (Å²) in [6, 6.07) is 14.1. The second kappa shape index (κ2) is 9.59. The number of primary amides is 1. The van der Waals surface area contributed by atoms with Crippen LogP contribution in [0.4, 0.5) is 0 Å². The first kappa shape index (κ1) is 20.3. The molecule has 3 N–H and O–H groups in total. The molecule has 0 aliphatic rings. The molecule has 0 fully saturated rings. The predicted octanol–water partition coefficient (Wildman–Crippen LogP) is 1.59. The highest BCUT2D eigenvalue weighted by atomic mass is 16.5. The molecule has 0 aliphatic carbocycles. The number of nitrogens with zero attached hydrogens (tertiary/aromatic N) is 1. The quantitative estimate of drug-likeness (QED) is 0.698. The summed E-state index contributed by atoms with van der Waals surface area (Å²) >= 11 is 0. The highest BCUT2D eigenvalue weighted by Crippen LogP contribution is 2.20. The minimum atomic E-state index is -0.507. The number of benzene rings is 2. The van der Waals surface area contributed by atoms with E-state index in [1.54, 1.807) is 31.4 Å². The molecule has 0 spiro atoms. The van der Waals surface area contributed by atoms with Crippen molar-refractivity contribution >= 4 is 11.8 Å². The smallest absolute Gasteiger partial charge is 0.258 e. The summed E-state index contributed by atoms with van der Waals surface area (Å²) in [5.41, 5.74) is 6.65. The van der Waals surface area contributed by atoms with Crippen molar-refractivity contribution in [2.45, 2.75) is 6.04 Å². The average Bonchev–Trinajstić information content (AvgIpc) is 2.67. The Labute approximate surface area is 159 Å². The lowest BCUT2D eigenvalue weighted by Crippen LogP contribution is -2.36. The van der Waals surface area contributed by atoms with Crippen molar-refractivity contribution in [3.63, 3.8) is 0 Å². The van der Waals surface area contributed by atoms with Crippen molar-refractivity contribution < 1.29 is 19.1 Å². The van der Waals surface area contributed by atoms with Crippen LogP contribution in [-0.4, -0.2) is 51.1 Å². The molecule has 1 unspecified atom stereocenters. The van der Waals surface area contributed by atoms with E-state index >= 15 is 0 Å². The third kappa shape index (κ3) is 6.00. The van der Waals surface area contributed by atoms with Crippen LogP contribution in [0.15, 0.2) is 48.5 Å². The largest absolute Gasteiger partial charge is 0.497 e. The molecule has 144 valence electrons. The molecule has 2 rings (SSSR count). The zero-order chi connectivity index (χ0) is 19.8. The van der Waals surface area contributed by atoms with Gasteiger partial charge in [0.15, 0.2) is 6.61 Å². The van der Waals surface area contributed by atoms with Gasteiger partial charge in [0.1, 0.15) is 11.5 Å². The van der Waals surface area contributed by atoms with Gasteiger partial charge in [0.25, 0.3) is 5.91 Å². The topological polar surface area (TPSA) is 93.9 Å². The summed E-state index contributed by atoms with van der Waals surface area (Å²) in [5.74, 6) is 0.549. The summed E-state index contributed by atoms with van der Waals surface area (Å²) in [6.07, 6.45) is 0. The van der Waals surface area contributed by atoms with Gasteiger partial charge in [-0.3, -0.25) is 9.59 Å². The number of methoxy groups -OCH3 is 1. The second-order valence-corrected chi connectivity index (χ2v) is 6.23. The van der Waals surface area contributed by atoms with Gasteiger partial charge in [0.05, 0.1) is 13.2 Å². The van der Waals surface area contributed by atoms with E-state index in [4.69, 9.17) is 15.2 Å². The summed E-state index contributed by atoms with van der Waals surface area (Å²) < 4.78 is 10.6. The van der Waals surface area contributed by atoms with Crippen LogP contribution < -0.4 is 20.5 Å². The predicted molar refractivity (Wildman–Crippen MR) is 103 cm³/mol. The number of ether oxygens (including phenoxy) is 2. The van der Waals surface area contributed by atoms with Gasteiger partial charge < -0.3 is 25.4 Å². The molecule has 1 atom stereocenters. The van der Waals surface area contributed by atoms with E-state index in [9.17, 15) is 9.59 Å². The fourth-order valence-electron chi connectivity index (χ4n) is 2.55. The monoisotopic (exact) mass is 371 g/mol. The summed E-state index contributed by atoms with van der Waals surface area (Å²) in [7, 11) is 5.54. The molecule has 0 aromatic heterocycles. The van der Waals surface area contributed by atoms with Gasteiger partial charge in [0, 0.05) is 12.1 Å². The van der Waals surface area contributed by atoms with Crippen LogP contribution in [0, 0.1) is 0 Å². The number of carbonyl (C=O) groups is 2. The van der Waals surface area contributed by atoms with Crippen molar-refractivity contribution in [2.75, 3.05) is 34.4 Å². The molecule has 0 radical (unpaired) electrons. The van der Waals surface area contributed by atoms with E-state index in [0.29, 0.717) is 17.9 Å². The number of nitrogens with one attached hydrogen (secondary N) is 1. The minimum Gasteiger partial charge on any atom is -0.497 e. The minimum absolute atomic E-state index is 0.0229. The lowest BCUT2D eigenvalue weighted by molar-refractivity contribution is -0.123. The van der Waals surface area contributed by atoms with Crippen molar-refractivity contribution in [1.82, 2.24) is 10.2 Å². The number of nitrogens with two attached hydrogens (primary N) is 1. The highest BCUT2D eigenvalue weighted by molar-refractivity contribution is 5.92. The van der Waals surface area contributed by atoms with E-state index in [-0.39, 0.29) is 18.6 Å². The molecule has 0 bridgehead atoms. The van der Waals surface area contributed by atoms with Crippen LogP contribution in [-0.2, 0) is 4.79 Å². The summed E-state index contributed by atoms with van der Waals surface area (Å²) in [6.45, 7) is 0.334. The second-order valence-electron chi connectivity index (χ2n) is 6.23. The molecule has 2 aromatic carbocycles. The zero-order valence-electron chi connectivity index (χ0n) is 15.8. The molecular weight excluding hydrogens is 346 g/mol. The Kier molecular flexibility index (Phi) is 7.19. The normalized spacial score (nSPS) is 11.7. The maximum atomic E-state index is 12.1. The molecule has 2 amide bonds. The Balaban J connectivity index is 1.86. The van der Waals surface area contributed by atoms with Gasteiger partial charge in [-0.25, -0.2) is 0 Å². The van der Waals surface area contributed by atoms with Crippen molar-refractivity contribution in [3.05, 3.63) is 59.7 Å². The molecule has 0 aliphatic heterocycles. The number of rotatable bonds is 9. The van der Waals surface area contributed by atoms with Crippen molar-refractivity contribution in [1.29, 1.82) is 0 Å². The average molecular weight is 371 g/mol. The van der Waals surface area contributed by atoms with E-state index in [1.165, 1.54) is 0 Å². The SMILES string of the molecule is COc1ccc(C(CNC(=O)COc2ccc(C(N)=O)cc2)N(C)C)cc1. The van der Waals surface area contributed by atoms with Gasteiger partial charge >= 0.3 is 0 Å². The zero-order valence-corrected chi connectivity index (χ0v) is 15.8. The van der Waals surface area contributed by atoms with Crippen LogP contribution in [0.2, 0.25) is 0 Å². The third-order valence-corrected chi connectivity index (χ3v) is 4.13. The lowest BCUT2D eigenvalue weighted by atomic mass is 10.1. The van der Waals surface area contributed by atoms with E-state index in [1.807, 2.05) is 43.3 Å². The number of amides is 2. The molecule has 7 nitrogen and oxygen atoms in total.